The van der Waals surface area contributed by atoms with Gasteiger partial charge >= 0.3 is 23.9 Å². The number of benzene rings is 4. The Kier molecular flexibility index (Phi) is 18.6. The molecule has 0 spiro atoms. The fourth-order valence-corrected chi connectivity index (χ4v) is 6.25. The molecule has 0 fully saturated rings. The summed E-state index contributed by atoms with van der Waals surface area (Å²) in [4.78, 5) is 50.3. The van der Waals surface area contributed by atoms with Crippen LogP contribution in [0, 0.1) is 0 Å². The second-order valence-corrected chi connectivity index (χ2v) is 14.5. The second kappa shape index (κ2) is 23.8. The van der Waals surface area contributed by atoms with Crippen LogP contribution in [0.1, 0.15) is 129 Å². The molecule has 1 unspecified atom stereocenters. The molecule has 0 amide bonds. The van der Waals surface area contributed by atoms with Gasteiger partial charge < -0.3 is 23.7 Å². The summed E-state index contributed by atoms with van der Waals surface area (Å²) in [5.41, 5.74) is 2.71. The predicted octanol–water partition coefficient (Wildman–Crippen LogP) is 11.7. The number of carbonyl (C=O) groups excluding carboxylic acids is 4. The van der Waals surface area contributed by atoms with Crippen molar-refractivity contribution in [3.8, 4) is 28.4 Å². The molecule has 4 aromatic carbocycles. The zero-order chi connectivity index (χ0) is 40.1. The van der Waals surface area contributed by atoms with Gasteiger partial charge in [-0.25, -0.2) is 19.2 Å². The van der Waals surface area contributed by atoms with Crippen LogP contribution in [0.25, 0.3) is 11.1 Å². The van der Waals surface area contributed by atoms with E-state index in [9.17, 15) is 19.2 Å². The first kappa shape index (κ1) is 43.8. The molecule has 4 rings (SSSR count). The average molecular weight is 830 g/mol. The number of ether oxygens (including phenoxy) is 5. The van der Waals surface area contributed by atoms with Crippen LogP contribution in [0.2, 0.25) is 0 Å². The van der Waals surface area contributed by atoms with Gasteiger partial charge in [-0.2, -0.15) is 0 Å². The van der Waals surface area contributed by atoms with E-state index in [0.29, 0.717) is 12.2 Å². The van der Waals surface area contributed by atoms with Crippen LogP contribution in [0.5, 0.6) is 17.2 Å². The predicted molar refractivity (Wildman–Crippen MR) is 220 cm³/mol. The molecular weight excluding hydrogens is 776 g/mol. The van der Waals surface area contributed by atoms with Crippen molar-refractivity contribution >= 4 is 39.8 Å². The van der Waals surface area contributed by atoms with E-state index in [1.54, 1.807) is 12.1 Å². The van der Waals surface area contributed by atoms with Gasteiger partial charge in [-0.15, -0.1) is 0 Å². The lowest BCUT2D eigenvalue weighted by atomic mass is 10.0. The molecule has 0 aliphatic carbocycles. The maximum atomic E-state index is 12.9. The molecule has 0 aliphatic heterocycles. The number of hydrogen-bond acceptors (Lipinski definition) is 9. The molecule has 56 heavy (non-hydrogen) atoms. The first-order valence-electron chi connectivity index (χ1n) is 19.7. The van der Waals surface area contributed by atoms with Crippen molar-refractivity contribution in [2.75, 3.05) is 13.2 Å². The Morgan fingerprint density at radius 1 is 0.536 bits per heavy atom. The Labute approximate surface area is 339 Å². The van der Waals surface area contributed by atoms with E-state index < -0.39 is 30.0 Å². The molecule has 9 nitrogen and oxygen atoms in total. The van der Waals surface area contributed by atoms with E-state index in [2.05, 4.69) is 29.8 Å². The van der Waals surface area contributed by atoms with Crippen molar-refractivity contribution in [3.05, 3.63) is 112 Å². The Bertz CT molecular complexity index is 1840. The molecule has 298 valence electrons. The van der Waals surface area contributed by atoms with Crippen molar-refractivity contribution in [1.82, 2.24) is 0 Å². The Morgan fingerprint density at radius 3 is 1.52 bits per heavy atom. The minimum Gasteiger partial charge on any atom is -0.492 e. The van der Waals surface area contributed by atoms with Gasteiger partial charge in [-0.05, 0) is 120 Å². The summed E-state index contributed by atoms with van der Waals surface area (Å²) in [5.74, 6) is -1.20. The van der Waals surface area contributed by atoms with Gasteiger partial charge in [0.05, 0.1) is 34.4 Å². The van der Waals surface area contributed by atoms with Crippen molar-refractivity contribution in [1.29, 1.82) is 0 Å². The summed E-state index contributed by atoms with van der Waals surface area (Å²) in [6.45, 7) is 6.77. The molecule has 0 aromatic heterocycles. The van der Waals surface area contributed by atoms with Crippen molar-refractivity contribution in [2.45, 2.75) is 104 Å². The molecular formula is C46H53BrO9. The van der Waals surface area contributed by atoms with Gasteiger partial charge in [0.2, 0.25) is 0 Å². The van der Waals surface area contributed by atoms with Crippen molar-refractivity contribution in [3.63, 3.8) is 0 Å². The topological polar surface area (TPSA) is 114 Å². The fourth-order valence-electron chi connectivity index (χ4n) is 5.76. The highest BCUT2D eigenvalue weighted by Gasteiger charge is 2.21. The Balaban J connectivity index is 1.20. The van der Waals surface area contributed by atoms with Gasteiger partial charge in [-0.1, -0.05) is 96.3 Å². The van der Waals surface area contributed by atoms with Crippen molar-refractivity contribution < 1.29 is 42.9 Å². The van der Waals surface area contributed by atoms with Crippen LogP contribution in [-0.4, -0.2) is 43.2 Å². The summed E-state index contributed by atoms with van der Waals surface area (Å²) < 4.78 is 28.3. The Hall–Kier alpha value is -4.96. The lowest BCUT2D eigenvalue weighted by Crippen LogP contribution is -2.26. The second-order valence-electron chi connectivity index (χ2n) is 13.6. The van der Waals surface area contributed by atoms with E-state index in [1.807, 2.05) is 30.3 Å². The average Bonchev–Trinajstić information content (AvgIpc) is 3.21. The summed E-state index contributed by atoms with van der Waals surface area (Å²) in [6, 6.07) is 24.9. The zero-order valence-corrected chi connectivity index (χ0v) is 34.3. The minimum atomic E-state index is -1.06. The molecule has 4 aromatic rings. The lowest BCUT2D eigenvalue weighted by molar-refractivity contribution is -0.153. The fraction of sp³-hybridized carbons (Fsp3) is 0.391. The van der Waals surface area contributed by atoms with Crippen LogP contribution in [0.4, 0.5) is 0 Å². The third kappa shape index (κ3) is 14.6. The number of esters is 4. The maximum absolute atomic E-state index is 12.9. The highest BCUT2D eigenvalue weighted by molar-refractivity contribution is 9.10. The number of hydrogen-bond donors (Lipinski definition) is 0. The molecule has 1 atom stereocenters. The number of rotatable bonds is 23. The molecule has 0 N–H and O–H groups in total. The molecule has 0 heterocycles. The largest absolute Gasteiger partial charge is 0.492 e. The van der Waals surface area contributed by atoms with Gasteiger partial charge in [0, 0.05) is 0 Å². The maximum Gasteiger partial charge on any atom is 0.347 e. The van der Waals surface area contributed by atoms with E-state index in [1.165, 1.54) is 100 Å². The normalized spacial score (nSPS) is 11.4. The number of carbonyl (C=O) groups is 4. The summed E-state index contributed by atoms with van der Waals surface area (Å²) in [7, 11) is 0. The summed E-state index contributed by atoms with van der Waals surface area (Å²) >= 11 is 3.64. The minimum absolute atomic E-state index is 0.185. The van der Waals surface area contributed by atoms with Crippen LogP contribution in [-0.2, 0) is 14.3 Å². The standard InChI is InChI=1S/C46H53BrO9/c1-4-6-8-10-11-12-13-15-30-52-42-29-24-38(32-41(42)47)34-16-18-35(19-17-34)45(50)55-40-27-22-37(23-28-40)46(51)56-39-25-20-36(21-26-39)44(49)54-33(3)43(48)53-31-14-9-7-5-2/h16-29,32-33H,4-15,30-31H2,1-3H3. The van der Waals surface area contributed by atoms with E-state index in [-0.39, 0.29) is 29.2 Å². The van der Waals surface area contributed by atoms with Crippen LogP contribution in [0.3, 0.4) is 0 Å². The van der Waals surface area contributed by atoms with Crippen LogP contribution >= 0.6 is 15.9 Å². The lowest BCUT2D eigenvalue weighted by Gasteiger charge is -2.13. The summed E-state index contributed by atoms with van der Waals surface area (Å²) in [5, 5.41) is 0. The van der Waals surface area contributed by atoms with Gasteiger partial charge in [0.15, 0.2) is 6.10 Å². The molecule has 0 radical (unpaired) electrons. The van der Waals surface area contributed by atoms with Gasteiger partial charge in [0.1, 0.15) is 17.2 Å². The third-order valence-corrected chi connectivity index (χ3v) is 9.72. The van der Waals surface area contributed by atoms with E-state index >= 15 is 0 Å². The first-order chi connectivity index (χ1) is 27.2. The monoisotopic (exact) mass is 828 g/mol. The quantitative estimate of drug-likeness (QED) is 0.0409. The molecule has 0 saturated carbocycles. The van der Waals surface area contributed by atoms with Gasteiger partial charge in [0.25, 0.3) is 0 Å². The first-order valence-corrected chi connectivity index (χ1v) is 20.5. The zero-order valence-electron chi connectivity index (χ0n) is 32.7. The van der Waals surface area contributed by atoms with Crippen LogP contribution < -0.4 is 14.2 Å². The Morgan fingerprint density at radius 2 is 0.982 bits per heavy atom. The number of unbranched alkanes of at least 4 members (excludes halogenated alkanes) is 10. The van der Waals surface area contributed by atoms with Crippen LogP contribution in [0.15, 0.2) is 95.5 Å². The van der Waals surface area contributed by atoms with E-state index in [0.717, 1.165) is 53.5 Å². The highest BCUT2D eigenvalue weighted by atomic mass is 79.9. The molecule has 0 saturated heterocycles. The molecule has 0 aliphatic rings. The van der Waals surface area contributed by atoms with Crippen molar-refractivity contribution in [2.24, 2.45) is 0 Å². The number of halogens is 1. The SMILES string of the molecule is CCCCCCCCCCOc1ccc(-c2ccc(C(=O)Oc3ccc(C(=O)Oc4ccc(C(=O)OC(C)C(=O)OCCCCCC)cc4)cc3)cc2)cc1Br. The van der Waals surface area contributed by atoms with Gasteiger partial charge in [-0.3, -0.25) is 0 Å². The van der Waals surface area contributed by atoms with E-state index in [4.69, 9.17) is 23.7 Å². The summed E-state index contributed by atoms with van der Waals surface area (Å²) in [6.07, 6.45) is 12.9. The smallest absolute Gasteiger partial charge is 0.347 e. The highest BCUT2D eigenvalue weighted by Crippen LogP contribution is 2.31. The molecule has 0 bridgehead atoms. The molecule has 10 heteroatoms. The third-order valence-electron chi connectivity index (χ3n) is 9.10.